The second-order valence-electron chi connectivity index (χ2n) is 6.70. The summed E-state index contributed by atoms with van der Waals surface area (Å²) in [7, 11) is 4.28. The highest BCUT2D eigenvalue weighted by atomic mass is 79.9. The average Bonchev–Trinajstić information content (AvgIpc) is 2.79. The molecule has 0 saturated carbocycles. The summed E-state index contributed by atoms with van der Waals surface area (Å²) >= 11 is 4.43. The SMILES string of the molecule is COCCCNC(=O)CSC1=C(C#N)[C@@H](c2ccc(OC)c(Br)c2)[C@H](C(=O)OC)C(=O)N1. The zero-order valence-corrected chi connectivity index (χ0v) is 20.3. The molecule has 172 valence electrons. The number of nitriles is 1. The summed E-state index contributed by atoms with van der Waals surface area (Å²) in [5.74, 6) is -3.18. The van der Waals surface area contributed by atoms with Crippen molar-refractivity contribution in [2.45, 2.75) is 12.3 Å². The average molecular weight is 526 g/mol. The van der Waals surface area contributed by atoms with Crippen molar-refractivity contribution in [1.82, 2.24) is 10.6 Å². The standard InChI is InChI=1S/C21H24BrN3O6S/c1-29-8-4-7-24-16(26)11-32-20-13(10-23)17(18(19(27)25-20)21(28)31-3)12-5-6-15(30-2)14(22)9-12/h5-6,9,17-18H,4,7-8,11H2,1-3H3,(H,24,26)(H,25,27)/t17-,18+/m1/s1. The van der Waals surface area contributed by atoms with Crippen LogP contribution in [0.15, 0.2) is 33.3 Å². The van der Waals surface area contributed by atoms with E-state index in [2.05, 4.69) is 32.6 Å². The van der Waals surface area contributed by atoms with Crippen LogP contribution in [0.5, 0.6) is 5.75 Å². The number of halogens is 1. The summed E-state index contributed by atoms with van der Waals surface area (Å²) in [5.41, 5.74) is 0.732. The van der Waals surface area contributed by atoms with Gasteiger partial charge in [-0.15, -0.1) is 0 Å². The van der Waals surface area contributed by atoms with Crippen LogP contribution in [0.25, 0.3) is 0 Å². The van der Waals surface area contributed by atoms with Gasteiger partial charge in [0.15, 0.2) is 0 Å². The minimum atomic E-state index is -1.25. The first-order chi connectivity index (χ1) is 15.4. The van der Waals surface area contributed by atoms with Crippen molar-refractivity contribution in [3.63, 3.8) is 0 Å². The Balaban J connectivity index is 2.36. The summed E-state index contributed by atoms with van der Waals surface area (Å²) < 4.78 is 15.6. The highest BCUT2D eigenvalue weighted by molar-refractivity contribution is 9.10. The molecule has 1 aliphatic heterocycles. The fraction of sp³-hybridized carbons (Fsp3) is 0.429. The van der Waals surface area contributed by atoms with E-state index in [-0.39, 0.29) is 22.3 Å². The number of carbonyl (C=O) groups is 3. The Morgan fingerprint density at radius 1 is 1.31 bits per heavy atom. The Hall–Kier alpha value is -2.55. The van der Waals surface area contributed by atoms with Crippen LogP contribution in [0.1, 0.15) is 17.9 Å². The Kier molecular flexibility index (Phi) is 10.0. The van der Waals surface area contributed by atoms with Crippen LogP contribution < -0.4 is 15.4 Å². The van der Waals surface area contributed by atoms with E-state index < -0.39 is 23.7 Å². The molecule has 0 radical (unpaired) electrons. The summed E-state index contributed by atoms with van der Waals surface area (Å²) in [4.78, 5) is 37.4. The number of benzene rings is 1. The largest absolute Gasteiger partial charge is 0.496 e. The molecule has 1 heterocycles. The lowest BCUT2D eigenvalue weighted by molar-refractivity contribution is -0.150. The van der Waals surface area contributed by atoms with Gasteiger partial charge in [0.2, 0.25) is 11.8 Å². The molecule has 1 aliphatic rings. The molecule has 9 nitrogen and oxygen atoms in total. The van der Waals surface area contributed by atoms with Crippen LogP contribution in [-0.4, -0.2) is 58.0 Å². The molecular formula is C21H24BrN3O6S. The van der Waals surface area contributed by atoms with Gasteiger partial charge in [0.05, 0.1) is 41.1 Å². The molecule has 1 aromatic carbocycles. The van der Waals surface area contributed by atoms with E-state index in [4.69, 9.17) is 14.2 Å². The van der Waals surface area contributed by atoms with E-state index in [1.807, 2.05) is 0 Å². The second kappa shape index (κ2) is 12.5. The minimum absolute atomic E-state index is 0.00427. The lowest BCUT2D eigenvalue weighted by atomic mass is 9.78. The fourth-order valence-corrected chi connectivity index (χ4v) is 4.63. The summed E-state index contributed by atoms with van der Waals surface area (Å²) in [6.45, 7) is 0.984. The van der Waals surface area contributed by atoms with Crippen molar-refractivity contribution >= 4 is 45.5 Å². The molecule has 11 heteroatoms. The third-order valence-electron chi connectivity index (χ3n) is 4.71. The molecule has 0 saturated heterocycles. The molecule has 2 N–H and O–H groups in total. The van der Waals surface area contributed by atoms with E-state index in [0.717, 1.165) is 11.8 Å². The van der Waals surface area contributed by atoms with Gasteiger partial charge in [-0.25, -0.2) is 0 Å². The molecule has 2 rings (SSSR count). The first kappa shape index (κ1) is 25.7. The Morgan fingerprint density at radius 3 is 2.66 bits per heavy atom. The predicted molar refractivity (Wildman–Crippen MR) is 122 cm³/mol. The number of hydrogen-bond acceptors (Lipinski definition) is 8. The second-order valence-corrected chi connectivity index (χ2v) is 8.54. The molecule has 0 fully saturated rings. The highest BCUT2D eigenvalue weighted by Gasteiger charge is 2.44. The third-order valence-corrected chi connectivity index (χ3v) is 6.35. The number of carbonyl (C=O) groups excluding carboxylic acids is 3. The summed E-state index contributed by atoms with van der Waals surface area (Å²) in [5, 5.41) is 15.5. The van der Waals surface area contributed by atoms with Gasteiger partial charge < -0.3 is 24.8 Å². The maximum absolute atomic E-state index is 12.8. The smallest absolute Gasteiger partial charge is 0.319 e. The summed E-state index contributed by atoms with van der Waals surface area (Å²) in [6, 6.07) is 7.16. The molecule has 2 atom stereocenters. The van der Waals surface area contributed by atoms with Gasteiger partial charge in [-0.2, -0.15) is 5.26 Å². The lowest BCUT2D eigenvalue weighted by Gasteiger charge is -2.31. The maximum Gasteiger partial charge on any atom is 0.319 e. The quantitative estimate of drug-likeness (QED) is 0.270. The summed E-state index contributed by atoms with van der Waals surface area (Å²) in [6.07, 6.45) is 0.672. The number of hydrogen-bond donors (Lipinski definition) is 2. The zero-order chi connectivity index (χ0) is 23.7. The number of ether oxygens (including phenoxy) is 3. The number of amides is 2. The zero-order valence-electron chi connectivity index (χ0n) is 17.9. The van der Waals surface area contributed by atoms with Crippen LogP contribution in [0, 0.1) is 17.2 Å². The van der Waals surface area contributed by atoms with Crippen molar-refractivity contribution in [3.8, 4) is 11.8 Å². The van der Waals surface area contributed by atoms with E-state index in [9.17, 15) is 19.6 Å². The molecule has 0 bridgehead atoms. The first-order valence-electron chi connectivity index (χ1n) is 9.62. The van der Waals surface area contributed by atoms with Gasteiger partial charge in [-0.3, -0.25) is 14.4 Å². The molecule has 0 aliphatic carbocycles. The van der Waals surface area contributed by atoms with Gasteiger partial charge >= 0.3 is 5.97 Å². The molecule has 0 spiro atoms. The van der Waals surface area contributed by atoms with Crippen molar-refractivity contribution in [3.05, 3.63) is 38.8 Å². The monoisotopic (exact) mass is 525 g/mol. The number of methoxy groups -OCH3 is 3. The molecule has 1 aromatic rings. The lowest BCUT2D eigenvalue weighted by Crippen LogP contribution is -2.44. The van der Waals surface area contributed by atoms with Crippen LogP contribution in [0.3, 0.4) is 0 Å². The van der Waals surface area contributed by atoms with Crippen molar-refractivity contribution < 1.29 is 28.6 Å². The Bertz CT molecular complexity index is 946. The van der Waals surface area contributed by atoms with E-state index in [1.54, 1.807) is 25.3 Å². The van der Waals surface area contributed by atoms with Crippen LogP contribution in [-0.2, 0) is 23.9 Å². The first-order valence-corrected chi connectivity index (χ1v) is 11.4. The van der Waals surface area contributed by atoms with Crippen LogP contribution in [0.2, 0.25) is 0 Å². The van der Waals surface area contributed by atoms with Gasteiger partial charge in [-0.1, -0.05) is 17.8 Å². The predicted octanol–water partition coefficient (Wildman–Crippen LogP) is 2.08. The molecule has 2 amide bonds. The van der Waals surface area contributed by atoms with Gasteiger partial charge in [-0.05, 0) is 40.0 Å². The normalized spacial score (nSPS) is 17.9. The van der Waals surface area contributed by atoms with E-state index in [1.165, 1.54) is 14.2 Å². The number of esters is 1. The van der Waals surface area contributed by atoms with Crippen LogP contribution in [0.4, 0.5) is 0 Å². The van der Waals surface area contributed by atoms with Crippen molar-refractivity contribution in [2.75, 3.05) is 40.2 Å². The number of allylic oxidation sites excluding steroid dienone is 1. The van der Waals surface area contributed by atoms with E-state index >= 15 is 0 Å². The molecule has 0 aromatic heterocycles. The molecular weight excluding hydrogens is 502 g/mol. The van der Waals surface area contributed by atoms with Crippen molar-refractivity contribution in [1.29, 1.82) is 5.26 Å². The van der Waals surface area contributed by atoms with E-state index in [0.29, 0.717) is 35.4 Å². The Morgan fingerprint density at radius 2 is 2.06 bits per heavy atom. The van der Waals surface area contributed by atoms with Gasteiger partial charge in [0.25, 0.3) is 0 Å². The van der Waals surface area contributed by atoms with Gasteiger partial charge in [0.1, 0.15) is 11.7 Å². The number of thioether (sulfide) groups is 1. The maximum atomic E-state index is 12.8. The Labute approximate surface area is 199 Å². The van der Waals surface area contributed by atoms with Crippen molar-refractivity contribution in [2.24, 2.45) is 5.92 Å². The number of nitrogens with one attached hydrogen (secondary N) is 2. The number of rotatable bonds is 10. The highest BCUT2D eigenvalue weighted by Crippen LogP contribution is 2.41. The molecule has 32 heavy (non-hydrogen) atoms. The third kappa shape index (κ3) is 6.25. The van der Waals surface area contributed by atoms with Crippen LogP contribution >= 0.6 is 27.7 Å². The fourth-order valence-electron chi connectivity index (χ4n) is 3.19. The molecule has 0 unspecified atom stereocenters. The topological polar surface area (TPSA) is 127 Å². The van der Waals surface area contributed by atoms with Gasteiger partial charge in [0, 0.05) is 26.2 Å². The minimum Gasteiger partial charge on any atom is -0.496 e. The number of nitrogens with zero attached hydrogens (tertiary/aromatic N) is 1.